The number of nitrogens with one attached hydrogen (secondary N) is 1. The van der Waals surface area contributed by atoms with Crippen LogP contribution < -0.4 is 10.1 Å². The molecule has 0 spiro atoms. The van der Waals surface area contributed by atoms with Gasteiger partial charge in [0.15, 0.2) is 22.3 Å². The minimum absolute atomic E-state index is 0. The van der Waals surface area contributed by atoms with Crippen LogP contribution in [-0.4, -0.2) is 20.1 Å². The summed E-state index contributed by atoms with van der Waals surface area (Å²) in [6, 6.07) is 13.6. The Balaban J connectivity index is 0.00000162. The number of benzene rings is 1. The zero-order valence-corrected chi connectivity index (χ0v) is 21.7. The molecule has 0 saturated carbocycles. The number of nitrogens with zero attached hydrogens (tertiary/aromatic N) is 4. The molecule has 0 unspecified atom stereocenters. The number of ether oxygens (including phenoxy) is 1. The molecule has 5 rings (SSSR count). The molecule has 1 N–H and O–H groups in total. The molecule has 0 amide bonds. The Labute approximate surface area is 217 Å². The standard InChI is InChI=1S/C23H19N5O2S2.2ClH/c1-13-9-19(21-20(25-13)15(3)28-30-21)32-17-10-18(29-16-7-5-4-6-8-16)22(24-11-17)27-23-26-14(2)12-31-23;;/h4-12H,1-3H3,(H,24,26,27);2*1H. The van der Waals surface area contributed by atoms with Gasteiger partial charge in [-0.05, 0) is 39.0 Å². The van der Waals surface area contributed by atoms with Crippen LogP contribution >= 0.6 is 47.9 Å². The van der Waals surface area contributed by atoms with Gasteiger partial charge < -0.3 is 14.6 Å². The molecular weight excluding hydrogens is 513 g/mol. The van der Waals surface area contributed by atoms with Gasteiger partial charge >= 0.3 is 0 Å². The highest BCUT2D eigenvalue weighted by atomic mass is 35.5. The molecule has 0 saturated heterocycles. The fraction of sp³-hybridized carbons (Fsp3) is 0.130. The van der Waals surface area contributed by atoms with Crippen LogP contribution in [0.1, 0.15) is 17.1 Å². The van der Waals surface area contributed by atoms with Crippen LogP contribution in [0, 0.1) is 20.8 Å². The maximum absolute atomic E-state index is 6.17. The van der Waals surface area contributed by atoms with Crippen molar-refractivity contribution >= 4 is 70.0 Å². The van der Waals surface area contributed by atoms with Crippen LogP contribution in [0.5, 0.6) is 11.5 Å². The lowest BCUT2D eigenvalue weighted by Gasteiger charge is -2.12. The molecule has 176 valence electrons. The van der Waals surface area contributed by atoms with Crippen LogP contribution in [0.15, 0.2) is 68.4 Å². The highest BCUT2D eigenvalue weighted by molar-refractivity contribution is 7.99. The average molecular weight is 534 g/mol. The summed E-state index contributed by atoms with van der Waals surface area (Å²) in [5.41, 5.74) is 4.07. The van der Waals surface area contributed by atoms with Gasteiger partial charge in [0.2, 0.25) is 0 Å². The van der Waals surface area contributed by atoms with E-state index >= 15 is 0 Å². The van der Waals surface area contributed by atoms with Crippen molar-refractivity contribution in [2.75, 3.05) is 5.32 Å². The number of anilines is 2. The first kappa shape index (κ1) is 25.8. The average Bonchev–Trinajstić information content (AvgIpc) is 3.36. The van der Waals surface area contributed by atoms with Gasteiger partial charge in [-0.15, -0.1) is 36.2 Å². The molecule has 0 aliphatic carbocycles. The minimum Gasteiger partial charge on any atom is -0.453 e. The molecule has 0 fully saturated rings. The Morgan fingerprint density at radius 2 is 1.79 bits per heavy atom. The summed E-state index contributed by atoms with van der Waals surface area (Å²) >= 11 is 3.05. The molecule has 4 heterocycles. The quantitative estimate of drug-likeness (QED) is 0.239. The maximum atomic E-state index is 6.17. The lowest BCUT2D eigenvalue weighted by Crippen LogP contribution is -1.97. The first-order valence-electron chi connectivity index (χ1n) is 9.89. The topological polar surface area (TPSA) is 86.0 Å². The normalized spacial score (nSPS) is 10.4. The van der Waals surface area contributed by atoms with E-state index in [1.165, 1.54) is 23.1 Å². The highest BCUT2D eigenvalue weighted by Crippen LogP contribution is 2.39. The number of rotatable bonds is 6. The molecule has 0 aliphatic rings. The Kier molecular flexibility index (Phi) is 8.37. The SMILES string of the molecule is Cc1csc(Nc2ncc(Sc3cc(C)nc4c(C)noc34)cc2Oc2ccccc2)n1.Cl.Cl. The third-order valence-corrected chi connectivity index (χ3v) is 6.41. The summed E-state index contributed by atoms with van der Waals surface area (Å²) in [6.45, 7) is 5.81. The lowest BCUT2D eigenvalue weighted by atomic mass is 10.3. The van der Waals surface area contributed by atoms with E-state index in [1.54, 1.807) is 6.20 Å². The van der Waals surface area contributed by atoms with E-state index in [0.717, 1.165) is 43.3 Å². The summed E-state index contributed by atoms with van der Waals surface area (Å²) in [7, 11) is 0. The number of aryl methyl sites for hydroxylation is 3. The van der Waals surface area contributed by atoms with E-state index in [1.807, 2.05) is 68.6 Å². The summed E-state index contributed by atoms with van der Waals surface area (Å²) in [5, 5.41) is 10.1. The van der Waals surface area contributed by atoms with E-state index < -0.39 is 0 Å². The van der Waals surface area contributed by atoms with E-state index in [4.69, 9.17) is 9.26 Å². The lowest BCUT2D eigenvalue weighted by molar-refractivity contribution is 0.446. The molecule has 34 heavy (non-hydrogen) atoms. The van der Waals surface area contributed by atoms with Crippen molar-refractivity contribution in [3.05, 3.63) is 71.1 Å². The Morgan fingerprint density at radius 1 is 1.00 bits per heavy atom. The van der Waals surface area contributed by atoms with E-state index in [-0.39, 0.29) is 24.8 Å². The van der Waals surface area contributed by atoms with Gasteiger partial charge in [-0.3, -0.25) is 0 Å². The van der Waals surface area contributed by atoms with Crippen molar-refractivity contribution in [2.45, 2.75) is 30.6 Å². The number of hydrogen-bond donors (Lipinski definition) is 1. The van der Waals surface area contributed by atoms with Crippen LogP contribution in [0.3, 0.4) is 0 Å². The number of para-hydroxylation sites is 1. The number of hydrogen-bond acceptors (Lipinski definition) is 9. The van der Waals surface area contributed by atoms with Crippen LogP contribution in [0.2, 0.25) is 0 Å². The Morgan fingerprint density at radius 3 is 2.53 bits per heavy atom. The number of aromatic nitrogens is 4. The molecule has 0 bridgehead atoms. The number of fused-ring (bicyclic) bond motifs is 1. The van der Waals surface area contributed by atoms with Crippen LogP contribution in [-0.2, 0) is 0 Å². The zero-order valence-electron chi connectivity index (χ0n) is 18.4. The second kappa shape index (κ2) is 11.1. The first-order valence-corrected chi connectivity index (χ1v) is 11.6. The van der Waals surface area contributed by atoms with Gasteiger partial charge in [-0.25, -0.2) is 15.0 Å². The predicted molar refractivity (Wildman–Crippen MR) is 141 cm³/mol. The fourth-order valence-corrected chi connectivity index (χ4v) is 4.78. The Bertz CT molecular complexity index is 1410. The van der Waals surface area contributed by atoms with E-state index in [9.17, 15) is 0 Å². The third-order valence-electron chi connectivity index (χ3n) is 4.55. The van der Waals surface area contributed by atoms with Crippen molar-refractivity contribution in [1.29, 1.82) is 0 Å². The van der Waals surface area contributed by atoms with Gasteiger partial charge in [-0.1, -0.05) is 35.1 Å². The van der Waals surface area contributed by atoms with E-state index in [0.29, 0.717) is 17.2 Å². The third kappa shape index (κ3) is 5.61. The van der Waals surface area contributed by atoms with Crippen LogP contribution in [0.4, 0.5) is 10.9 Å². The van der Waals surface area contributed by atoms with Crippen molar-refractivity contribution in [2.24, 2.45) is 0 Å². The van der Waals surface area contributed by atoms with Gasteiger partial charge in [-0.2, -0.15) is 0 Å². The second-order valence-corrected chi connectivity index (χ2v) is 9.13. The van der Waals surface area contributed by atoms with Gasteiger partial charge in [0.05, 0.1) is 10.6 Å². The van der Waals surface area contributed by atoms with Crippen molar-refractivity contribution in [1.82, 2.24) is 20.1 Å². The molecule has 11 heteroatoms. The minimum atomic E-state index is 0. The molecule has 0 aliphatic heterocycles. The number of halogens is 2. The fourth-order valence-electron chi connectivity index (χ4n) is 3.11. The van der Waals surface area contributed by atoms with Crippen LogP contribution in [0.25, 0.3) is 11.1 Å². The molecule has 7 nitrogen and oxygen atoms in total. The maximum Gasteiger partial charge on any atom is 0.199 e. The molecule has 0 atom stereocenters. The molecule has 1 aromatic carbocycles. The largest absolute Gasteiger partial charge is 0.453 e. The van der Waals surface area contributed by atoms with Gasteiger partial charge in [0.25, 0.3) is 0 Å². The summed E-state index contributed by atoms with van der Waals surface area (Å²) in [4.78, 5) is 15.5. The smallest absolute Gasteiger partial charge is 0.199 e. The predicted octanol–water partition coefficient (Wildman–Crippen LogP) is 7.53. The van der Waals surface area contributed by atoms with Crippen molar-refractivity contribution < 1.29 is 9.26 Å². The monoisotopic (exact) mass is 533 g/mol. The first-order chi connectivity index (χ1) is 15.5. The van der Waals surface area contributed by atoms with Gasteiger partial charge in [0.1, 0.15) is 17.0 Å². The zero-order chi connectivity index (χ0) is 22.1. The summed E-state index contributed by atoms with van der Waals surface area (Å²) in [6.07, 6.45) is 1.80. The molecule has 5 aromatic rings. The van der Waals surface area contributed by atoms with Crippen molar-refractivity contribution in [3.63, 3.8) is 0 Å². The van der Waals surface area contributed by atoms with Crippen molar-refractivity contribution in [3.8, 4) is 11.5 Å². The molecule has 4 aromatic heterocycles. The van der Waals surface area contributed by atoms with Gasteiger partial charge in [0, 0.05) is 28.2 Å². The Hall–Kier alpha value is -2.85. The number of pyridine rings is 2. The summed E-state index contributed by atoms with van der Waals surface area (Å²) < 4.78 is 11.7. The number of thiazole rings is 1. The summed E-state index contributed by atoms with van der Waals surface area (Å²) in [5.74, 6) is 1.92. The molecular formula is C23H21Cl2N5O2S2. The molecule has 0 radical (unpaired) electrons. The second-order valence-electron chi connectivity index (χ2n) is 7.16. The highest BCUT2D eigenvalue weighted by Gasteiger charge is 2.16. The van der Waals surface area contributed by atoms with E-state index in [2.05, 4.69) is 25.4 Å².